The van der Waals surface area contributed by atoms with Gasteiger partial charge < -0.3 is 5.11 Å². The number of aliphatic hydroxyl groups is 1. The van der Waals surface area contributed by atoms with Gasteiger partial charge in [0.1, 0.15) is 0 Å². The van der Waals surface area contributed by atoms with Crippen LogP contribution in [0.2, 0.25) is 0 Å². The van der Waals surface area contributed by atoms with Gasteiger partial charge in [-0.05, 0) is 42.9 Å². The second-order valence-corrected chi connectivity index (χ2v) is 4.15. The van der Waals surface area contributed by atoms with E-state index in [4.69, 9.17) is 5.11 Å². The van der Waals surface area contributed by atoms with Crippen LogP contribution in [0.25, 0.3) is 0 Å². The van der Waals surface area contributed by atoms with Gasteiger partial charge in [-0.2, -0.15) is 0 Å². The van der Waals surface area contributed by atoms with Gasteiger partial charge in [-0.25, -0.2) is 0 Å². The molecule has 0 bridgehead atoms. The second kappa shape index (κ2) is 1.97. The highest BCUT2D eigenvalue weighted by Gasteiger charge is 2.51. The minimum absolute atomic E-state index is 0.390. The fourth-order valence-corrected chi connectivity index (χ4v) is 2.01. The highest BCUT2D eigenvalue weighted by atomic mass is 16.3. The van der Waals surface area contributed by atoms with Gasteiger partial charge in [-0.15, -0.1) is 0 Å². The maximum atomic E-state index is 9.10. The Morgan fingerprint density at radius 3 is 2.40 bits per heavy atom. The van der Waals surface area contributed by atoms with Crippen molar-refractivity contribution in [2.45, 2.75) is 32.6 Å². The van der Waals surface area contributed by atoms with Crippen molar-refractivity contribution in [2.75, 3.05) is 6.61 Å². The van der Waals surface area contributed by atoms with Gasteiger partial charge in [0, 0.05) is 6.61 Å². The largest absolute Gasteiger partial charge is 0.396 e. The molecule has 1 N–H and O–H groups in total. The molecule has 2 saturated carbocycles. The fraction of sp³-hybridized carbons (Fsp3) is 1.00. The highest BCUT2D eigenvalue weighted by Crippen LogP contribution is 2.58. The molecule has 0 radical (unpaired) electrons. The van der Waals surface area contributed by atoms with Gasteiger partial charge in [0.05, 0.1) is 0 Å². The first-order valence-electron chi connectivity index (χ1n) is 4.39. The summed E-state index contributed by atoms with van der Waals surface area (Å²) < 4.78 is 0. The van der Waals surface area contributed by atoms with E-state index < -0.39 is 0 Å². The smallest absolute Gasteiger partial charge is 0.0490 e. The molecule has 2 rings (SSSR count). The Morgan fingerprint density at radius 1 is 1.50 bits per heavy atom. The van der Waals surface area contributed by atoms with Crippen LogP contribution >= 0.6 is 0 Å². The summed E-state index contributed by atoms with van der Waals surface area (Å²) >= 11 is 0. The summed E-state index contributed by atoms with van der Waals surface area (Å²) in [5.74, 6) is 1.77. The van der Waals surface area contributed by atoms with Crippen molar-refractivity contribution < 1.29 is 5.11 Å². The molecular formula is C9H16O. The molecule has 58 valence electrons. The molecule has 0 saturated heterocycles. The molecule has 1 nitrogen and oxygen atoms in total. The molecule has 0 aliphatic heterocycles. The number of hydrogen-bond acceptors (Lipinski definition) is 1. The van der Waals surface area contributed by atoms with Crippen LogP contribution in [0.5, 0.6) is 0 Å². The maximum Gasteiger partial charge on any atom is 0.0490 e. The molecule has 2 aliphatic rings. The third-order valence-corrected chi connectivity index (χ3v) is 3.50. The van der Waals surface area contributed by atoms with Crippen LogP contribution in [0, 0.1) is 17.3 Å². The average molecular weight is 140 g/mol. The van der Waals surface area contributed by atoms with E-state index in [1.807, 2.05) is 0 Å². The van der Waals surface area contributed by atoms with Crippen LogP contribution in [0.4, 0.5) is 0 Å². The predicted molar refractivity (Wildman–Crippen MR) is 40.6 cm³/mol. The summed E-state index contributed by atoms with van der Waals surface area (Å²) in [4.78, 5) is 0. The van der Waals surface area contributed by atoms with Crippen molar-refractivity contribution in [3.8, 4) is 0 Å². The van der Waals surface area contributed by atoms with Crippen LogP contribution in [0.3, 0.4) is 0 Å². The van der Waals surface area contributed by atoms with Crippen LogP contribution < -0.4 is 0 Å². The molecule has 0 aromatic heterocycles. The molecule has 2 aliphatic carbocycles. The lowest BCUT2D eigenvalue weighted by Crippen LogP contribution is -2.18. The topological polar surface area (TPSA) is 20.2 Å². The summed E-state index contributed by atoms with van der Waals surface area (Å²) in [6.45, 7) is 2.76. The van der Waals surface area contributed by atoms with E-state index in [9.17, 15) is 0 Å². The van der Waals surface area contributed by atoms with E-state index in [0.29, 0.717) is 12.0 Å². The van der Waals surface area contributed by atoms with Crippen molar-refractivity contribution >= 4 is 0 Å². The van der Waals surface area contributed by atoms with E-state index in [1.54, 1.807) is 0 Å². The van der Waals surface area contributed by atoms with Gasteiger partial charge in [0.25, 0.3) is 0 Å². The Balaban J connectivity index is 1.95. The molecule has 1 unspecified atom stereocenters. The van der Waals surface area contributed by atoms with Gasteiger partial charge in [0.2, 0.25) is 0 Å². The summed E-state index contributed by atoms with van der Waals surface area (Å²) in [6, 6.07) is 0. The lowest BCUT2D eigenvalue weighted by atomic mass is 9.87. The predicted octanol–water partition coefficient (Wildman–Crippen LogP) is 1.80. The SMILES string of the molecule is CC(C1CC1)C1(CO)CC1. The Labute approximate surface area is 62.4 Å². The number of rotatable bonds is 3. The fourth-order valence-electron chi connectivity index (χ4n) is 2.01. The highest BCUT2D eigenvalue weighted by molar-refractivity contribution is 5.01. The molecule has 0 amide bonds. The number of hydrogen-bond donors (Lipinski definition) is 1. The third-order valence-electron chi connectivity index (χ3n) is 3.50. The molecule has 0 spiro atoms. The molecule has 2 fully saturated rings. The normalized spacial score (nSPS) is 31.8. The van der Waals surface area contributed by atoms with Crippen LogP contribution in [-0.2, 0) is 0 Å². The van der Waals surface area contributed by atoms with Crippen LogP contribution in [0.15, 0.2) is 0 Å². The summed E-state index contributed by atoms with van der Waals surface area (Å²) in [5, 5.41) is 9.10. The Bertz CT molecular complexity index is 134. The maximum absolute atomic E-state index is 9.10. The van der Waals surface area contributed by atoms with Crippen molar-refractivity contribution in [3.05, 3.63) is 0 Å². The van der Waals surface area contributed by atoms with Crippen molar-refractivity contribution in [3.63, 3.8) is 0 Å². The summed E-state index contributed by atoms with van der Waals surface area (Å²) in [6.07, 6.45) is 5.40. The molecule has 0 aromatic carbocycles. The van der Waals surface area contributed by atoms with E-state index in [-0.39, 0.29) is 0 Å². The van der Waals surface area contributed by atoms with E-state index in [2.05, 4.69) is 6.92 Å². The molecular weight excluding hydrogens is 124 g/mol. The minimum atomic E-state index is 0.390. The first-order chi connectivity index (χ1) is 4.78. The zero-order valence-electron chi connectivity index (χ0n) is 6.64. The van der Waals surface area contributed by atoms with Crippen LogP contribution in [-0.4, -0.2) is 11.7 Å². The van der Waals surface area contributed by atoms with Crippen molar-refractivity contribution in [1.82, 2.24) is 0 Å². The van der Waals surface area contributed by atoms with E-state index in [0.717, 1.165) is 11.8 Å². The van der Waals surface area contributed by atoms with E-state index >= 15 is 0 Å². The first kappa shape index (κ1) is 6.66. The zero-order valence-corrected chi connectivity index (χ0v) is 6.64. The lowest BCUT2D eigenvalue weighted by Gasteiger charge is -2.19. The second-order valence-electron chi connectivity index (χ2n) is 4.15. The van der Waals surface area contributed by atoms with Crippen molar-refractivity contribution in [1.29, 1.82) is 0 Å². The van der Waals surface area contributed by atoms with Crippen molar-refractivity contribution in [2.24, 2.45) is 17.3 Å². The van der Waals surface area contributed by atoms with Gasteiger partial charge in [0.15, 0.2) is 0 Å². The molecule has 0 heterocycles. The standard InChI is InChI=1S/C9H16O/c1-7(8-2-3-8)9(6-10)4-5-9/h7-8,10H,2-6H2,1H3. The van der Waals surface area contributed by atoms with Gasteiger partial charge in [-0.1, -0.05) is 6.92 Å². The van der Waals surface area contributed by atoms with Gasteiger partial charge >= 0.3 is 0 Å². The summed E-state index contributed by atoms with van der Waals surface area (Å²) in [7, 11) is 0. The molecule has 1 heteroatoms. The quantitative estimate of drug-likeness (QED) is 0.633. The van der Waals surface area contributed by atoms with Crippen LogP contribution in [0.1, 0.15) is 32.6 Å². The monoisotopic (exact) mass is 140 g/mol. The minimum Gasteiger partial charge on any atom is -0.396 e. The summed E-state index contributed by atoms with van der Waals surface area (Å²) in [5.41, 5.74) is 0.390. The number of aliphatic hydroxyl groups excluding tert-OH is 1. The third kappa shape index (κ3) is 0.878. The Hall–Kier alpha value is -0.0400. The Kier molecular flexibility index (Phi) is 1.31. The molecule has 10 heavy (non-hydrogen) atoms. The molecule has 0 aromatic rings. The lowest BCUT2D eigenvalue weighted by molar-refractivity contribution is 0.151. The van der Waals surface area contributed by atoms with E-state index in [1.165, 1.54) is 25.7 Å². The van der Waals surface area contributed by atoms with Gasteiger partial charge in [-0.3, -0.25) is 0 Å². The first-order valence-corrected chi connectivity index (χ1v) is 4.39. The average Bonchev–Trinajstić information content (AvgIpc) is 2.84. The zero-order chi connectivity index (χ0) is 7.19. The molecule has 1 atom stereocenters. The Morgan fingerprint density at radius 2 is 2.10 bits per heavy atom.